The van der Waals surface area contributed by atoms with E-state index >= 15 is 0 Å². The Morgan fingerprint density at radius 1 is 1.17 bits per heavy atom. The standard InChI is InChI=1S/C26H23N3O5S/c1-28(2)21-9-8-18-14-19(26(30)34-25(18)16-21)15-20(17-27)22-10-12-29(11-5-13-35(31,32)33)24-7-4-3-6-23(22)24/h3-4,6-10,12,14-16H,5,11,13H2,1-2H3/p+1. The van der Waals surface area contributed by atoms with E-state index in [1.165, 1.54) is 6.08 Å². The van der Waals surface area contributed by atoms with Crippen LogP contribution in [0.4, 0.5) is 5.69 Å². The van der Waals surface area contributed by atoms with Gasteiger partial charge in [-0.25, -0.2) is 4.79 Å². The van der Waals surface area contributed by atoms with Gasteiger partial charge in [0.1, 0.15) is 12.1 Å². The molecule has 0 fully saturated rings. The fourth-order valence-electron chi connectivity index (χ4n) is 3.95. The van der Waals surface area contributed by atoms with E-state index < -0.39 is 15.7 Å². The van der Waals surface area contributed by atoms with E-state index in [0.717, 1.165) is 22.0 Å². The van der Waals surface area contributed by atoms with E-state index in [0.29, 0.717) is 23.3 Å². The first-order chi connectivity index (χ1) is 16.7. The lowest BCUT2D eigenvalue weighted by molar-refractivity contribution is -0.671. The Morgan fingerprint density at radius 2 is 1.94 bits per heavy atom. The Morgan fingerprint density at radius 3 is 2.66 bits per heavy atom. The van der Waals surface area contributed by atoms with Gasteiger partial charge in [0.15, 0.2) is 6.20 Å². The first-order valence-corrected chi connectivity index (χ1v) is 12.5. The number of anilines is 1. The molecule has 0 aliphatic carbocycles. The third-order valence-electron chi connectivity index (χ3n) is 5.70. The van der Waals surface area contributed by atoms with Crippen LogP contribution in [0.2, 0.25) is 0 Å². The lowest BCUT2D eigenvalue weighted by Crippen LogP contribution is -2.35. The van der Waals surface area contributed by atoms with E-state index in [4.69, 9.17) is 8.97 Å². The van der Waals surface area contributed by atoms with Gasteiger partial charge in [-0.1, -0.05) is 12.1 Å². The van der Waals surface area contributed by atoms with Crippen LogP contribution in [0.15, 0.2) is 70.0 Å². The number of para-hydroxylation sites is 1. The SMILES string of the molecule is CN(C)c1ccc2cc(/C=C(\C#N)c3cc[n+](CCCS(=O)(=O)O)c4ccccc34)c(=O)oc2c1. The number of benzene rings is 2. The van der Waals surface area contributed by atoms with Gasteiger partial charge in [-0.3, -0.25) is 4.55 Å². The summed E-state index contributed by atoms with van der Waals surface area (Å²) in [4.78, 5) is 14.6. The van der Waals surface area contributed by atoms with Crippen molar-refractivity contribution in [3.05, 3.63) is 82.3 Å². The largest absolute Gasteiger partial charge is 0.422 e. The van der Waals surface area contributed by atoms with Crippen molar-refractivity contribution >= 4 is 49.3 Å². The van der Waals surface area contributed by atoms with Crippen LogP contribution in [-0.4, -0.2) is 32.8 Å². The topological polar surface area (TPSA) is 115 Å². The van der Waals surface area contributed by atoms with Crippen molar-refractivity contribution in [1.82, 2.24) is 0 Å². The maximum absolute atomic E-state index is 12.7. The summed E-state index contributed by atoms with van der Waals surface area (Å²) in [5, 5.41) is 11.5. The Balaban J connectivity index is 1.77. The van der Waals surface area contributed by atoms with Gasteiger partial charge in [-0.05, 0) is 30.3 Å². The molecule has 0 atom stereocenters. The lowest BCUT2D eigenvalue weighted by atomic mass is 10.00. The zero-order valence-corrected chi connectivity index (χ0v) is 20.1. The van der Waals surface area contributed by atoms with Gasteiger partial charge in [0.25, 0.3) is 10.1 Å². The van der Waals surface area contributed by atoms with Crippen molar-refractivity contribution in [3.8, 4) is 6.07 Å². The number of nitriles is 1. The summed E-state index contributed by atoms with van der Waals surface area (Å²) >= 11 is 0. The number of nitrogens with zero attached hydrogens (tertiary/aromatic N) is 3. The van der Waals surface area contributed by atoms with Crippen LogP contribution in [0.5, 0.6) is 0 Å². The maximum atomic E-state index is 12.7. The molecule has 35 heavy (non-hydrogen) atoms. The highest BCUT2D eigenvalue weighted by Gasteiger charge is 2.17. The molecular formula is C26H24N3O5S+. The monoisotopic (exact) mass is 490 g/mol. The van der Waals surface area contributed by atoms with Crippen LogP contribution >= 0.6 is 0 Å². The molecule has 0 spiro atoms. The summed E-state index contributed by atoms with van der Waals surface area (Å²) < 4.78 is 38.5. The molecule has 0 saturated heterocycles. The normalized spacial score (nSPS) is 12.1. The van der Waals surface area contributed by atoms with Crippen LogP contribution in [0.1, 0.15) is 17.5 Å². The highest BCUT2D eigenvalue weighted by atomic mass is 32.2. The first-order valence-electron chi connectivity index (χ1n) is 10.9. The molecule has 4 aromatic rings. The van der Waals surface area contributed by atoms with Gasteiger partial charge in [0.05, 0.1) is 28.3 Å². The maximum Gasteiger partial charge on any atom is 0.343 e. The van der Waals surface area contributed by atoms with Gasteiger partial charge in [-0.2, -0.15) is 18.2 Å². The first kappa shape index (κ1) is 24.1. The van der Waals surface area contributed by atoms with Crippen LogP contribution in [-0.2, 0) is 16.7 Å². The van der Waals surface area contributed by atoms with Crippen molar-refractivity contribution in [2.75, 3.05) is 24.7 Å². The highest BCUT2D eigenvalue weighted by molar-refractivity contribution is 7.85. The van der Waals surface area contributed by atoms with E-state index in [2.05, 4.69) is 6.07 Å². The van der Waals surface area contributed by atoms with Crippen LogP contribution in [0.3, 0.4) is 0 Å². The number of pyridine rings is 1. The van der Waals surface area contributed by atoms with Crippen molar-refractivity contribution in [2.24, 2.45) is 0 Å². The molecule has 0 aliphatic rings. The molecule has 9 heteroatoms. The molecule has 4 rings (SSSR count). The van der Waals surface area contributed by atoms with E-state index in [1.807, 2.05) is 60.0 Å². The number of rotatable bonds is 7. The molecule has 0 unspecified atom stereocenters. The predicted octanol–water partition coefficient (Wildman–Crippen LogP) is 3.64. The van der Waals surface area contributed by atoms with Gasteiger partial charge >= 0.3 is 5.63 Å². The second-order valence-electron chi connectivity index (χ2n) is 8.36. The molecule has 1 N–H and O–H groups in total. The van der Waals surface area contributed by atoms with E-state index in [9.17, 15) is 18.5 Å². The minimum absolute atomic E-state index is 0.238. The Hall–Kier alpha value is -4.00. The predicted molar refractivity (Wildman–Crippen MR) is 135 cm³/mol. The average Bonchev–Trinajstić information content (AvgIpc) is 2.82. The molecule has 0 bridgehead atoms. The summed E-state index contributed by atoms with van der Waals surface area (Å²) in [6.07, 6.45) is 3.52. The van der Waals surface area contributed by atoms with Gasteiger partial charge in [0, 0.05) is 55.4 Å². The minimum atomic E-state index is -4.04. The number of aryl methyl sites for hydroxylation is 1. The summed E-state index contributed by atoms with van der Waals surface area (Å²) in [6.45, 7) is 0.370. The summed E-state index contributed by atoms with van der Waals surface area (Å²) in [5.41, 5.74) is 2.82. The molecular weight excluding hydrogens is 466 g/mol. The van der Waals surface area contributed by atoms with E-state index in [1.54, 1.807) is 24.4 Å². The highest BCUT2D eigenvalue weighted by Crippen LogP contribution is 2.26. The molecule has 2 aromatic carbocycles. The van der Waals surface area contributed by atoms with Gasteiger partial charge < -0.3 is 9.32 Å². The smallest absolute Gasteiger partial charge is 0.343 e. The molecule has 0 aliphatic heterocycles. The fraction of sp³-hybridized carbons (Fsp3) is 0.192. The fourth-order valence-corrected chi connectivity index (χ4v) is 4.45. The third-order valence-corrected chi connectivity index (χ3v) is 6.50. The Kier molecular flexibility index (Phi) is 6.69. The van der Waals surface area contributed by atoms with Crippen molar-refractivity contribution in [1.29, 1.82) is 5.26 Å². The quantitative estimate of drug-likeness (QED) is 0.182. The Labute approximate surface area is 202 Å². The lowest BCUT2D eigenvalue weighted by Gasteiger charge is -2.12. The molecule has 0 radical (unpaired) electrons. The number of aromatic nitrogens is 1. The molecule has 0 saturated carbocycles. The average molecular weight is 491 g/mol. The summed E-state index contributed by atoms with van der Waals surface area (Å²) in [7, 11) is -0.239. The molecule has 0 amide bonds. The summed E-state index contributed by atoms with van der Waals surface area (Å²) in [5.74, 6) is -0.340. The minimum Gasteiger partial charge on any atom is -0.422 e. The zero-order chi connectivity index (χ0) is 25.2. The van der Waals surface area contributed by atoms with Crippen LogP contribution in [0, 0.1) is 11.3 Å². The van der Waals surface area contributed by atoms with Gasteiger partial charge in [0.2, 0.25) is 5.52 Å². The van der Waals surface area contributed by atoms with Crippen molar-refractivity contribution < 1.29 is 22.0 Å². The summed E-state index contributed by atoms with van der Waals surface area (Å²) in [6, 6.07) is 18.7. The van der Waals surface area contributed by atoms with Gasteiger partial charge in [-0.15, -0.1) is 0 Å². The molecule has 2 heterocycles. The molecule has 178 valence electrons. The van der Waals surface area contributed by atoms with Crippen LogP contribution in [0.25, 0.3) is 33.5 Å². The molecule has 8 nitrogen and oxygen atoms in total. The second kappa shape index (κ2) is 9.70. The number of allylic oxidation sites excluding steroid dienone is 1. The number of hydrogen-bond acceptors (Lipinski definition) is 6. The number of hydrogen-bond donors (Lipinski definition) is 1. The van der Waals surface area contributed by atoms with Crippen molar-refractivity contribution in [2.45, 2.75) is 13.0 Å². The molecule has 2 aromatic heterocycles. The Bertz CT molecular complexity index is 1660. The van der Waals surface area contributed by atoms with Crippen LogP contribution < -0.4 is 15.1 Å². The van der Waals surface area contributed by atoms with E-state index in [-0.39, 0.29) is 17.7 Å². The third kappa shape index (κ3) is 5.40. The second-order valence-corrected chi connectivity index (χ2v) is 9.93. The number of fused-ring (bicyclic) bond motifs is 2. The zero-order valence-electron chi connectivity index (χ0n) is 19.3. The van der Waals surface area contributed by atoms with Crippen molar-refractivity contribution in [3.63, 3.8) is 0 Å².